The van der Waals surface area contributed by atoms with Crippen LogP contribution in [0.4, 0.5) is 0 Å². The number of nitrogens with one attached hydrogen (secondary N) is 4. The second-order valence-corrected chi connectivity index (χ2v) is 8.96. The minimum atomic E-state index is -0.252. The molecule has 5 rings (SSSR count). The Kier molecular flexibility index (Phi) is 7.40. The predicted molar refractivity (Wildman–Crippen MR) is 150 cm³/mol. The van der Waals surface area contributed by atoms with Crippen molar-refractivity contribution in [2.75, 3.05) is 26.2 Å². The zero-order valence-corrected chi connectivity index (χ0v) is 20.0. The zero-order chi connectivity index (χ0) is 24.7. The lowest BCUT2D eigenvalue weighted by molar-refractivity contribution is -0.117. The summed E-state index contributed by atoms with van der Waals surface area (Å²) in [5, 5.41) is 12.5. The molecule has 0 saturated heterocycles. The highest BCUT2D eigenvalue weighted by atomic mass is 16.2. The second kappa shape index (κ2) is 11.2. The molecule has 0 aromatic heterocycles. The first-order valence-electron chi connectivity index (χ1n) is 12.4. The van der Waals surface area contributed by atoms with Crippen LogP contribution in [0, 0.1) is 18.8 Å². The van der Waals surface area contributed by atoms with Crippen molar-refractivity contribution in [1.82, 2.24) is 21.3 Å². The number of amidine groups is 2. The average Bonchev–Trinajstić information content (AvgIpc) is 2.95. The van der Waals surface area contributed by atoms with Crippen LogP contribution in [0.2, 0.25) is 0 Å². The number of benzene rings is 1. The monoisotopic (exact) mass is 490 g/mol. The minimum absolute atomic E-state index is 0. The van der Waals surface area contributed by atoms with Crippen molar-refractivity contribution >= 4 is 23.5 Å². The Labute approximate surface area is 217 Å². The number of carbonyl (C=O) groups excluding carboxylic acids is 2. The van der Waals surface area contributed by atoms with Gasteiger partial charge in [-0.3, -0.25) is 19.6 Å². The fourth-order valence-corrected chi connectivity index (χ4v) is 4.30. The number of aliphatic imine (C=N–C) groups is 2. The summed E-state index contributed by atoms with van der Waals surface area (Å²) < 4.78 is 0. The van der Waals surface area contributed by atoms with Crippen molar-refractivity contribution in [1.29, 1.82) is 0 Å². The van der Waals surface area contributed by atoms with Gasteiger partial charge in [0, 0.05) is 66.6 Å². The number of amides is 2. The highest BCUT2D eigenvalue weighted by molar-refractivity contribution is 6.01. The molecule has 2 aliphatic heterocycles. The maximum absolute atomic E-state index is 12.7. The van der Waals surface area contributed by atoms with Crippen LogP contribution in [0.5, 0.6) is 0 Å². The van der Waals surface area contributed by atoms with Crippen LogP contribution in [0.25, 0.3) is 0 Å². The molecule has 2 atom stereocenters. The van der Waals surface area contributed by atoms with E-state index in [1.165, 1.54) is 0 Å². The smallest absolute Gasteiger partial charge is 0.255 e. The largest absolute Gasteiger partial charge is 0.373 e. The van der Waals surface area contributed by atoms with E-state index in [1.54, 1.807) is 24.3 Å². The maximum atomic E-state index is 12.7. The normalized spacial score (nSPS) is 23.2. The SMILES string of the molecule is O=C(NC1[CH]C=C(NC(=O)c2ccc(C3=NCCCN3)cc2)C=C1)C1=C[CH]C(C2=NCCCN2)C=C1.[HH].[HH].[HH].[HH]. The Hall–Kier alpha value is -3.94. The third-order valence-corrected chi connectivity index (χ3v) is 6.31. The summed E-state index contributed by atoms with van der Waals surface area (Å²) in [6.45, 7) is 3.52. The molecule has 4 aliphatic rings. The third-order valence-electron chi connectivity index (χ3n) is 6.31. The van der Waals surface area contributed by atoms with Crippen LogP contribution >= 0.6 is 0 Å². The average molecular weight is 491 g/mol. The molecule has 8 heteroatoms. The van der Waals surface area contributed by atoms with E-state index in [9.17, 15) is 9.59 Å². The van der Waals surface area contributed by atoms with Crippen molar-refractivity contribution in [3.63, 3.8) is 0 Å². The minimum Gasteiger partial charge on any atom is -0.373 e. The van der Waals surface area contributed by atoms with Gasteiger partial charge in [-0.05, 0) is 37.5 Å². The molecular formula is C28H38N6O2. The summed E-state index contributed by atoms with van der Waals surface area (Å²) in [5.74, 6) is 1.59. The van der Waals surface area contributed by atoms with E-state index in [0.29, 0.717) is 16.8 Å². The molecule has 1 aromatic carbocycles. The van der Waals surface area contributed by atoms with Crippen molar-refractivity contribution in [2.24, 2.45) is 15.9 Å². The van der Waals surface area contributed by atoms with Gasteiger partial charge in [0.2, 0.25) is 0 Å². The molecule has 2 heterocycles. The fourth-order valence-electron chi connectivity index (χ4n) is 4.30. The number of carbonyl (C=O) groups is 2. The molecule has 192 valence electrons. The first kappa shape index (κ1) is 23.8. The van der Waals surface area contributed by atoms with Crippen LogP contribution in [-0.2, 0) is 4.79 Å². The summed E-state index contributed by atoms with van der Waals surface area (Å²) >= 11 is 0. The Morgan fingerprint density at radius 1 is 0.889 bits per heavy atom. The van der Waals surface area contributed by atoms with E-state index in [0.717, 1.165) is 56.3 Å². The third kappa shape index (κ3) is 5.82. The summed E-state index contributed by atoms with van der Waals surface area (Å²) in [6.07, 6.45) is 17.1. The maximum Gasteiger partial charge on any atom is 0.255 e. The number of allylic oxidation sites excluding steroid dienone is 2. The van der Waals surface area contributed by atoms with E-state index in [4.69, 9.17) is 0 Å². The van der Waals surface area contributed by atoms with E-state index >= 15 is 0 Å². The predicted octanol–water partition coefficient (Wildman–Crippen LogP) is 2.99. The molecule has 1 aromatic rings. The van der Waals surface area contributed by atoms with Crippen molar-refractivity contribution in [2.45, 2.75) is 18.9 Å². The summed E-state index contributed by atoms with van der Waals surface area (Å²) in [6, 6.07) is 7.16. The molecular weight excluding hydrogens is 452 g/mol. The summed E-state index contributed by atoms with van der Waals surface area (Å²) in [4.78, 5) is 34.3. The van der Waals surface area contributed by atoms with Gasteiger partial charge >= 0.3 is 0 Å². The lowest BCUT2D eigenvalue weighted by Gasteiger charge is -2.23. The lowest BCUT2D eigenvalue weighted by atomic mass is 9.94. The zero-order valence-electron chi connectivity index (χ0n) is 20.0. The quantitative estimate of drug-likeness (QED) is 0.492. The Balaban J connectivity index is 0.00000200. The van der Waals surface area contributed by atoms with Crippen LogP contribution in [0.15, 0.2) is 82.0 Å². The fraction of sp³-hybridized carbons (Fsp3) is 0.286. The standard InChI is InChI=1S/C28H30N6O2.4H2/c35-27(21-7-3-19(4-8-21)25-29-15-1-16-30-25)33-23-11-13-24(14-12-23)34-28(36)22-9-5-20(6-10-22)26-31-17-2-18-32-26;;;;/h3-14,19,23H,1-2,15-18H2,(H,29,30)(H,31,32)(H,33,35)(H,34,36);4*1H. The molecule has 36 heavy (non-hydrogen) atoms. The highest BCUT2D eigenvalue weighted by Crippen LogP contribution is 2.18. The number of hydrogen-bond acceptors (Lipinski definition) is 6. The molecule has 0 saturated carbocycles. The van der Waals surface area contributed by atoms with Gasteiger partial charge in [0.25, 0.3) is 11.8 Å². The van der Waals surface area contributed by atoms with Gasteiger partial charge in [0.05, 0.1) is 6.04 Å². The molecule has 0 spiro atoms. The topological polar surface area (TPSA) is 107 Å². The van der Waals surface area contributed by atoms with Gasteiger partial charge in [0.15, 0.2) is 0 Å². The lowest BCUT2D eigenvalue weighted by Crippen LogP contribution is -2.37. The Morgan fingerprint density at radius 3 is 2.33 bits per heavy atom. The second-order valence-electron chi connectivity index (χ2n) is 8.96. The Bertz CT molecular complexity index is 1210. The van der Waals surface area contributed by atoms with Crippen LogP contribution in [-0.4, -0.2) is 55.7 Å². The van der Waals surface area contributed by atoms with E-state index in [1.807, 2.05) is 49.3 Å². The summed E-state index contributed by atoms with van der Waals surface area (Å²) in [5.41, 5.74) is 2.82. The molecule has 0 bridgehead atoms. The van der Waals surface area contributed by atoms with Gasteiger partial charge in [-0.1, -0.05) is 42.5 Å². The van der Waals surface area contributed by atoms with Crippen LogP contribution < -0.4 is 21.3 Å². The Morgan fingerprint density at radius 2 is 1.69 bits per heavy atom. The molecule has 8 nitrogen and oxygen atoms in total. The van der Waals surface area contributed by atoms with Gasteiger partial charge in [0.1, 0.15) is 11.7 Å². The molecule has 2 radical (unpaired) electrons. The van der Waals surface area contributed by atoms with E-state index in [-0.39, 0.29) is 29.5 Å². The molecule has 2 amide bonds. The van der Waals surface area contributed by atoms with Crippen LogP contribution in [0.1, 0.15) is 34.5 Å². The van der Waals surface area contributed by atoms with Gasteiger partial charge < -0.3 is 21.3 Å². The molecule has 2 unspecified atom stereocenters. The van der Waals surface area contributed by atoms with Crippen LogP contribution in [0.3, 0.4) is 0 Å². The van der Waals surface area contributed by atoms with Crippen molar-refractivity contribution in [3.05, 3.63) is 96.0 Å². The van der Waals surface area contributed by atoms with Gasteiger partial charge in [-0.15, -0.1) is 0 Å². The molecule has 4 N–H and O–H groups in total. The molecule has 2 aliphatic carbocycles. The van der Waals surface area contributed by atoms with Gasteiger partial charge in [-0.25, -0.2) is 0 Å². The first-order chi connectivity index (χ1) is 17.7. The first-order valence-corrected chi connectivity index (χ1v) is 12.4. The van der Waals surface area contributed by atoms with Gasteiger partial charge in [-0.2, -0.15) is 0 Å². The highest BCUT2D eigenvalue weighted by Gasteiger charge is 2.21. The van der Waals surface area contributed by atoms with Crippen molar-refractivity contribution < 1.29 is 15.3 Å². The molecule has 0 fully saturated rings. The van der Waals surface area contributed by atoms with E-state index in [2.05, 4.69) is 31.3 Å². The summed E-state index contributed by atoms with van der Waals surface area (Å²) in [7, 11) is 0. The van der Waals surface area contributed by atoms with Crippen molar-refractivity contribution in [3.8, 4) is 0 Å². The number of rotatable bonds is 6. The van der Waals surface area contributed by atoms with E-state index < -0.39 is 0 Å². The number of nitrogens with zero attached hydrogens (tertiary/aromatic N) is 2. The number of hydrogen-bond donors (Lipinski definition) is 4.